The Balaban J connectivity index is 1.64. The van der Waals surface area contributed by atoms with Crippen LogP contribution in [0.25, 0.3) is 0 Å². The van der Waals surface area contributed by atoms with Gasteiger partial charge in [-0.3, -0.25) is 4.79 Å². The number of ether oxygens (including phenoxy) is 1. The molecule has 0 unspecified atom stereocenters. The molecule has 1 N–H and O–H groups in total. The van der Waals surface area contributed by atoms with Gasteiger partial charge in [-0.15, -0.1) is 11.8 Å². The average molecular weight is 376 g/mol. The maximum atomic E-state index is 12.2. The maximum Gasteiger partial charge on any atom is 0.233 e. The van der Waals surface area contributed by atoms with E-state index < -0.39 is 0 Å². The van der Waals surface area contributed by atoms with Crippen LogP contribution in [-0.4, -0.2) is 30.6 Å². The second-order valence-corrected chi connectivity index (χ2v) is 8.28. The van der Waals surface area contributed by atoms with E-state index in [1.165, 1.54) is 11.1 Å². The molecule has 0 spiro atoms. The monoisotopic (exact) mass is 375 g/mol. The van der Waals surface area contributed by atoms with Crippen LogP contribution in [0.15, 0.2) is 53.4 Å². The highest BCUT2D eigenvalue weighted by Gasteiger charge is 2.13. The standard InChI is InChI=1S/C20H25NO2S2/c1-15-4-6-17(7-5-15)14-24-13-12-21-20(22)16(2)25-19-10-8-18(23-3)9-11-19/h4-11,16H,12-14H2,1-3H3,(H,21,22)/t16-/m0/s1. The molecule has 0 aliphatic carbocycles. The fourth-order valence-corrected chi connectivity index (χ4v) is 3.89. The molecular formula is C20H25NO2S2. The molecule has 0 saturated carbocycles. The first kappa shape index (κ1) is 19.7. The van der Waals surface area contributed by atoms with Gasteiger partial charge in [-0.1, -0.05) is 29.8 Å². The van der Waals surface area contributed by atoms with Crippen LogP contribution in [0.1, 0.15) is 18.1 Å². The van der Waals surface area contributed by atoms with Crippen molar-refractivity contribution in [2.75, 3.05) is 19.4 Å². The van der Waals surface area contributed by atoms with Crippen LogP contribution >= 0.6 is 23.5 Å². The number of nitrogens with one attached hydrogen (secondary N) is 1. The molecule has 0 fully saturated rings. The maximum absolute atomic E-state index is 12.2. The van der Waals surface area contributed by atoms with Gasteiger partial charge in [0.15, 0.2) is 0 Å². The highest BCUT2D eigenvalue weighted by molar-refractivity contribution is 8.00. The number of methoxy groups -OCH3 is 1. The van der Waals surface area contributed by atoms with Gasteiger partial charge in [0.1, 0.15) is 5.75 Å². The van der Waals surface area contributed by atoms with Crippen molar-refractivity contribution in [3.05, 3.63) is 59.7 Å². The van der Waals surface area contributed by atoms with Crippen molar-refractivity contribution in [2.45, 2.75) is 29.7 Å². The van der Waals surface area contributed by atoms with Crippen molar-refractivity contribution in [3.63, 3.8) is 0 Å². The van der Waals surface area contributed by atoms with Gasteiger partial charge in [0.05, 0.1) is 12.4 Å². The lowest BCUT2D eigenvalue weighted by Crippen LogP contribution is -2.32. The van der Waals surface area contributed by atoms with Crippen LogP contribution in [0, 0.1) is 6.92 Å². The van der Waals surface area contributed by atoms with Crippen LogP contribution < -0.4 is 10.1 Å². The number of thioether (sulfide) groups is 2. The predicted octanol–water partition coefficient (Wildman–Crippen LogP) is 4.53. The fraction of sp³-hybridized carbons (Fsp3) is 0.350. The summed E-state index contributed by atoms with van der Waals surface area (Å²) in [4.78, 5) is 13.2. The van der Waals surface area contributed by atoms with Crippen LogP contribution in [-0.2, 0) is 10.5 Å². The topological polar surface area (TPSA) is 38.3 Å². The summed E-state index contributed by atoms with van der Waals surface area (Å²) in [6.07, 6.45) is 0. The number of carbonyl (C=O) groups excluding carboxylic acids is 1. The minimum atomic E-state index is -0.115. The fourth-order valence-electron chi connectivity index (χ4n) is 2.18. The van der Waals surface area contributed by atoms with E-state index >= 15 is 0 Å². The number of hydrogen-bond acceptors (Lipinski definition) is 4. The number of carbonyl (C=O) groups is 1. The number of aryl methyl sites for hydroxylation is 1. The van der Waals surface area contributed by atoms with Crippen LogP contribution in [0.4, 0.5) is 0 Å². The lowest BCUT2D eigenvalue weighted by Gasteiger charge is -2.12. The van der Waals surface area contributed by atoms with E-state index in [1.54, 1.807) is 18.9 Å². The van der Waals surface area contributed by atoms with Gasteiger partial charge < -0.3 is 10.1 Å². The third kappa shape index (κ3) is 7.04. The summed E-state index contributed by atoms with van der Waals surface area (Å²) in [7, 11) is 1.65. The summed E-state index contributed by atoms with van der Waals surface area (Å²) in [6, 6.07) is 16.4. The van der Waals surface area contributed by atoms with Crippen molar-refractivity contribution < 1.29 is 9.53 Å². The summed E-state index contributed by atoms with van der Waals surface area (Å²) in [5, 5.41) is 2.90. The number of amides is 1. The van der Waals surface area contributed by atoms with E-state index in [1.807, 2.05) is 43.0 Å². The molecule has 2 aromatic rings. The summed E-state index contributed by atoms with van der Waals surface area (Å²) in [5.74, 6) is 2.80. The molecule has 134 valence electrons. The number of hydrogen-bond donors (Lipinski definition) is 1. The molecule has 0 saturated heterocycles. The van der Waals surface area contributed by atoms with Crippen molar-refractivity contribution in [1.29, 1.82) is 0 Å². The molecule has 5 heteroatoms. The quantitative estimate of drug-likeness (QED) is 0.516. The molecule has 2 aromatic carbocycles. The van der Waals surface area contributed by atoms with Crippen LogP contribution in [0.3, 0.4) is 0 Å². The van der Waals surface area contributed by atoms with Gasteiger partial charge in [0.2, 0.25) is 5.91 Å². The highest BCUT2D eigenvalue weighted by Crippen LogP contribution is 2.25. The first-order valence-corrected chi connectivity index (χ1v) is 10.3. The van der Waals surface area contributed by atoms with Gasteiger partial charge in [-0.2, -0.15) is 11.8 Å². The van der Waals surface area contributed by atoms with Gasteiger partial charge in [0, 0.05) is 22.9 Å². The van der Waals surface area contributed by atoms with E-state index in [0.717, 1.165) is 22.2 Å². The van der Waals surface area contributed by atoms with E-state index in [-0.39, 0.29) is 11.2 Å². The van der Waals surface area contributed by atoms with Gasteiger partial charge in [0.25, 0.3) is 0 Å². The third-order valence-electron chi connectivity index (χ3n) is 3.68. The Hall–Kier alpha value is -1.59. The molecule has 1 atom stereocenters. The zero-order valence-corrected chi connectivity index (χ0v) is 16.6. The Morgan fingerprint density at radius 1 is 1.12 bits per heavy atom. The van der Waals surface area contributed by atoms with E-state index in [2.05, 4.69) is 36.5 Å². The second kappa shape index (κ2) is 10.4. The largest absolute Gasteiger partial charge is 0.497 e. The first-order chi connectivity index (χ1) is 12.1. The lowest BCUT2D eigenvalue weighted by molar-refractivity contribution is -0.120. The number of benzene rings is 2. The van der Waals surface area contributed by atoms with Crippen LogP contribution in [0.5, 0.6) is 5.75 Å². The molecule has 25 heavy (non-hydrogen) atoms. The zero-order valence-electron chi connectivity index (χ0n) is 15.0. The normalized spacial score (nSPS) is 11.8. The lowest BCUT2D eigenvalue weighted by atomic mass is 10.2. The summed E-state index contributed by atoms with van der Waals surface area (Å²) < 4.78 is 5.14. The van der Waals surface area contributed by atoms with Crippen molar-refractivity contribution in [2.24, 2.45) is 0 Å². The summed E-state index contributed by atoms with van der Waals surface area (Å²) >= 11 is 3.40. The van der Waals surface area contributed by atoms with Crippen LogP contribution in [0.2, 0.25) is 0 Å². The average Bonchev–Trinajstić information content (AvgIpc) is 2.63. The van der Waals surface area contributed by atoms with E-state index in [4.69, 9.17) is 4.74 Å². The van der Waals surface area contributed by atoms with E-state index in [0.29, 0.717) is 6.54 Å². The Morgan fingerprint density at radius 3 is 2.44 bits per heavy atom. The Bertz CT molecular complexity index is 656. The van der Waals surface area contributed by atoms with Gasteiger partial charge in [-0.05, 0) is 43.7 Å². The van der Waals surface area contributed by atoms with Gasteiger partial charge >= 0.3 is 0 Å². The minimum absolute atomic E-state index is 0.0803. The van der Waals surface area contributed by atoms with Gasteiger partial charge in [-0.25, -0.2) is 0 Å². The summed E-state index contributed by atoms with van der Waals surface area (Å²) in [6.45, 7) is 4.73. The molecule has 0 radical (unpaired) electrons. The Labute approximate surface area is 158 Å². The molecular weight excluding hydrogens is 350 g/mol. The molecule has 3 nitrogen and oxygen atoms in total. The summed E-state index contributed by atoms with van der Waals surface area (Å²) in [5.41, 5.74) is 2.61. The smallest absolute Gasteiger partial charge is 0.233 e. The van der Waals surface area contributed by atoms with Crippen molar-refractivity contribution >= 4 is 29.4 Å². The Kier molecular flexibility index (Phi) is 8.22. The SMILES string of the molecule is COc1ccc(S[C@@H](C)C(=O)NCCSCc2ccc(C)cc2)cc1. The minimum Gasteiger partial charge on any atom is -0.497 e. The predicted molar refractivity (Wildman–Crippen MR) is 109 cm³/mol. The Morgan fingerprint density at radius 2 is 1.80 bits per heavy atom. The molecule has 0 heterocycles. The third-order valence-corrected chi connectivity index (χ3v) is 5.82. The molecule has 0 bridgehead atoms. The van der Waals surface area contributed by atoms with Crippen molar-refractivity contribution in [3.8, 4) is 5.75 Å². The van der Waals surface area contributed by atoms with Crippen molar-refractivity contribution in [1.82, 2.24) is 5.32 Å². The van der Waals surface area contributed by atoms with E-state index in [9.17, 15) is 4.79 Å². The zero-order chi connectivity index (χ0) is 18.1. The molecule has 0 aromatic heterocycles. The second-order valence-electron chi connectivity index (χ2n) is 5.76. The number of rotatable bonds is 9. The molecule has 0 aliphatic rings. The molecule has 2 rings (SSSR count). The molecule has 0 aliphatic heterocycles. The molecule has 1 amide bonds. The highest BCUT2D eigenvalue weighted by atomic mass is 32.2. The first-order valence-electron chi connectivity index (χ1n) is 8.30.